The topological polar surface area (TPSA) is 63.4 Å². The molecule has 1 saturated heterocycles. The summed E-state index contributed by atoms with van der Waals surface area (Å²) in [6, 6.07) is 7.83. The second kappa shape index (κ2) is 6.03. The standard InChI is InChI=1S/C18H19N5O/c1-13-16(22-9-3-2-6-17(22)21-13)11-18(24)23-10-4-5-15(23)14-7-8-19-12-20-14/h2-3,6-9,12,15H,4-5,10-11H2,1H3/t15-/m1/s1. The molecule has 1 atom stereocenters. The fourth-order valence-electron chi connectivity index (χ4n) is 3.49. The zero-order chi connectivity index (χ0) is 16.5. The van der Waals surface area contributed by atoms with Crippen LogP contribution in [0, 0.1) is 6.92 Å². The number of likely N-dealkylation sites (tertiary alicyclic amines) is 1. The van der Waals surface area contributed by atoms with Crippen molar-refractivity contribution in [3.63, 3.8) is 0 Å². The third kappa shape index (κ3) is 2.54. The van der Waals surface area contributed by atoms with Gasteiger partial charge in [0.2, 0.25) is 5.91 Å². The van der Waals surface area contributed by atoms with Crippen LogP contribution in [0.3, 0.4) is 0 Å². The number of carbonyl (C=O) groups is 1. The molecule has 0 aromatic carbocycles. The van der Waals surface area contributed by atoms with E-state index in [1.165, 1.54) is 0 Å². The van der Waals surface area contributed by atoms with Crippen LogP contribution in [0.15, 0.2) is 43.0 Å². The summed E-state index contributed by atoms with van der Waals surface area (Å²) in [5.41, 5.74) is 3.67. The molecule has 4 heterocycles. The average molecular weight is 321 g/mol. The van der Waals surface area contributed by atoms with Gasteiger partial charge in [0.1, 0.15) is 12.0 Å². The van der Waals surface area contributed by atoms with Gasteiger partial charge in [-0.15, -0.1) is 0 Å². The monoisotopic (exact) mass is 321 g/mol. The summed E-state index contributed by atoms with van der Waals surface area (Å²) < 4.78 is 2.00. The van der Waals surface area contributed by atoms with Crippen molar-refractivity contribution in [3.8, 4) is 0 Å². The fourth-order valence-corrected chi connectivity index (χ4v) is 3.49. The Hall–Kier alpha value is -2.76. The molecule has 0 unspecified atom stereocenters. The van der Waals surface area contributed by atoms with E-state index in [9.17, 15) is 4.79 Å². The Morgan fingerprint density at radius 2 is 2.25 bits per heavy atom. The number of amides is 1. The van der Waals surface area contributed by atoms with Gasteiger partial charge in [-0.25, -0.2) is 15.0 Å². The number of carbonyl (C=O) groups excluding carboxylic acids is 1. The summed E-state index contributed by atoms with van der Waals surface area (Å²) in [7, 11) is 0. The van der Waals surface area contributed by atoms with Gasteiger partial charge in [-0.2, -0.15) is 0 Å². The molecule has 3 aromatic heterocycles. The van der Waals surface area contributed by atoms with Crippen molar-refractivity contribution in [1.29, 1.82) is 0 Å². The van der Waals surface area contributed by atoms with Crippen molar-refractivity contribution >= 4 is 11.6 Å². The minimum atomic E-state index is 0.0555. The Balaban J connectivity index is 1.60. The molecule has 1 fully saturated rings. The lowest BCUT2D eigenvalue weighted by molar-refractivity contribution is -0.131. The highest BCUT2D eigenvalue weighted by Crippen LogP contribution is 2.31. The van der Waals surface area contributed by atoms with Crippen molar-refractivity contribution in [3.05, 3.63) is 60.1 Å². The van der Waals surface area contributed by atoms with E-state index in [0.717, 1.165) is 42.1 Å². The lowest BCUT2D eigenvalue weighted by atomic mass is 10.1. The van der Waals surface area contributed by atoms with Crippen molar-refractivity contribution in [2.24, 2.45) is 0 Å². The molecule has 0 N–H and O–H groups in total. The molecule has 0 saturated carbocycles. The van der Waals surface area contributed by atoms with Gasteiger partial charge in [0.05, 0.1) is 29.5 Å². The van der Waals surface area contributed by atoms with Crippen LogP contribution < -0.4 is 0 Å². The van der Waals surface area contributed by atoms with E-state index in [4.69, 9.17) is 0 Å². The van der Waals surface area contributed by atoms with Crippen LogP contribution in [0.2, 0.25) is 0 Å². The first-order valence-electron chi connectivity index (χ1n) is 8.22. The zero-order valence-electron chi connectivity index (χ0n) is 13.6. The smallest absolute Gasteiger partial charge is 0.229 e. The number of aryl methyl sites for hydroxylation is 1. The molecule has 3 aromatic rings. The Kier molecular flexibility index (Phi) is 3.72. The first-order chi connectivity index (χ1) is 11.7. The predicted molar refractivity (Wildman–Crippen MR) is 89.4 cm³/mol. The average Bonchev–Trinajstić information content (AvgIpc) is 3.21. The van der Waals surface area contributed by atoms with E-state index >= 15 is 0 Å². The lowest BCUT2D eigenvalue weighted by Gasteiger charge is -2.24. The second-order valence-corrected chi connectivity index (χ2v) is 6.13. The molecule has 6 heteroatoms. The molecule has 4 rings (SSSR count). The maximum atomic E-state index is 12.9. The number of fused-ring (bicyclic) bond motifs is 1. The van der Waals surface area contributed by atoms with Crippen LogP contribution in [0.4, 0.5) is 0 Å². The highest BCUT2D eigenvalue weighted by atomic mass is 16.2. The van der Waals surface area contributed by atoms with Gasteiger partial charge in [0, 0.05) is 18.9 Å². The molecular weight excluding hydrogens is 302 g/mol. The molecule has 0 spiro atoms. The van der Waals surface area contributed by atoms with Gasteiger partial charge in [-0.1, -0.05) is 6.07 Å². The predicted octanol–water partition coefficient (Wildman–Crippen LogP) is 2.34. The quantitative estimate of drug-likeness (QED) is 0.743. The third-order valence-corrected chi connectivity index (χ3v) is 4.67. The highest BCUT2D eigenvalue weighted by molar-refractivity contribution is 5.79. The number of imidazole rings is 1. The lowest BCUT2D eigenvalue weighted by Crippen LogP contribution is -2.32. The van der Waals surface area contributed by atoms with E-state index in [1.807, 2.05) is 46.7 Å². The van der Waals surface area contributed by atoms with Gasteiger partial charge >= 0.3 is 0 Å². The zero-order valence-corrected chi connectivity index (χ0v) is 13.6. The van der Waals surface area contributed by atoms with Gasteiger partial charge in [0.25, 0.3) is 0 Å². The first-order valence-corrected chi connectivity index (χ1v) is 8.22. The maximum Gasteiger partial charge on any atom is 0.229 e. The summed E-state index contributed by atoms with van der Waals surface area (Å²) in [4.78, 5) is 27.7. The van der Waals surface area contributed by atoms with Crippen LogP contribution in [-0.4, -0.2) is 36.7 Å². The summed E-state index contributed by atoms with van der Waals surface area (Å²) in [5.74, 6) is 0.130. The number of rotatable bonds is 3. The molecule has 1 aliphatic heterocycles. The summed E-state index contributed by atoms with van der Waals surface area (Å²) >= 11 is 0. The SMILES string of the molecule is Cc1nc2ccccn2c1CC(=O)N1CCC[C@@H]1c1ccncn1. The largest absolute Gasteiger partial charge is 0.334 e. The number of hydrogen-bond donors (Lipinski definition) is 0. The van der Waals surface area contributed by atoms with Crippen LogP contribution in [0.5, 0.6) is 0 Å². The highest BCUT2D eigenvalue weighted by Gasteiger charge is 2.31. The van der Waals surface area contributed by atoms with Gasteiger partial charge in [0.15, 0.2) is 0 Å². The Morgan fingerprint density at radius 1 is 1.33 bits per heavy atom. The van der Waals surface area contributed by atoms with Gasteiger partial charge in [-0.3, -0.25) is 4.79 Å². The van der Waals surface area contributed by atoms with Crippen LogP contribution >= 0.6 is 0 Å². The Morgan fingerprint density at radius 3 is 3.08 bits per heavy atom. The molecule has 0 radical (unpaired) electrons. The number of aromatic nitrogens is 4. The maximum absolute atomic E-state index is 12.9. The van der Waals surface area contributed by atoms with Gasteiger partial charge in [-0.05, 0) is 38.0 Å². The number of hydrogen-bond acceptors (Lipinski definition) is 4. The third-order valence-electron chi connectivity index (χ3n) is 4.67. The molecule has 122 valence electrons. The fraction of sp³-hybridized carbons (Fsp3) is 0.333. The van der Waals surface area contributed by atoms with E-state index in [2.05, 4.69) is 15.0 Å². The van der Waals surface area contributed by atoms with Crippen molar-refractivity contribution < 1.29 is 4.79 Å². The van der Waals surface area contributed by atoms with Gasteiger partial charge < -0.3 is 9.30 Å². The van der Waals surface area contributed by atoms with Crippen LogP contribution in [0.25, 0.3) is 5.65 Å². The van der Waals surface area contributed by atoms with E-state index in [1.54, 1.807) is 12.5 Å². The molecule has 0 aliphatic carbocycles. The minimum Gasteiger partial charge on any atom is -0.334 e. The Labute approximate surface area is 140 Å². The summed E-state index contributed by atoms with van der Waals surface area (Å²) in [6.45, 7) is 2.74. The molecule has 1 amide bonds. The molecule has 24 heavy (non-hydrogen) atoms. The number of nitrogens with zero attached hydrogens (tertiary/aromatic N) is 5. The molecule has 1 aliphatic rings. The van der Waals surface area contributed by atoms with E-state index < -0.39 is 0 Å². The van der Waals surface area contributed by atoms with Crippen molar-refractivity contribution in [2.45, 2.75) is 32.2 Å². The van der Waals surface area contributed by atoms with Crippen molar-refractivity contribution in [2.75, 3.05) is 6.54 Å². The summed E-state index contributed by atoms with van der Waals surface area (Å²) in [5, 5.41) is 0. The number of pyridine rings is 1. The second-order valence-electron chi connectivity index (χ2n) is 6.13. The first kappa shape index (κ1) is 14.8. The van der Waals surface area contributed by atoms with Crippen LogP contribution in [-0.2, 0) is 11.2 Å². The minimum absolute atomic E-state index is 0.0555. The van der Waals surface area contributed by atoms with E-state index in [-0.39, 0.29) is 11.9 Å². The molecular formula is C18H19N5O. The Bertz CT molecular complexity index is 874. The summed E-state index contributed by atoms with van der Waals surface area (Å²) in [6.07, 6.45) is 7.56. The van der Waals surface area contributed by atoms with E-state index in [0.29, 0.717) is 6.42 Å². The van der Waals surface area contributed by atoms with Crippen LogP contribution in [0.1, 0.15) is 36.0 Å². The van der Waals surface area contributed by atoms with Crippen molar-refractivity contribution in [1.82, 2.24) is 24.3 Å². The molecule has 6 nitrogen and oxygen atoms in total. The molecule has 0 bridgehead atoms. The normalized spacial score (nSPS) is 17.5.